The molecule has 2 atom stereocenters. The van der Waals surface area contributed by atoms with E-state index in [4.69, 9.17) is 0 Å². The van der Waals surface area contributed by atoms with Gasteiger partial charge in [0.2, 0.25) is 0 Å². The Kier molecular flexibility index (Phi) is 7.91. The first-order valence-electron chi connectivity index (χ1n) is 7.95. The monoisotopic (exact) mass is 270 g/mol. The van der Waals surface area contributed by atoms with E-state index in [9.17, 15) is 0 Å². The number of nitrogens with one attached hydrogen (secondary N) is 1. The standard InChI is InChI=1S/C15H34N4/c1-6-18(7-2)10-8-16-9-11-19-12-14(3)17(5)15(4)13-19/h14-16H,6-13H2,1-5H3. The summed E-state index contributed by atoms with van der Waals surface area (Å²) in [6.07, 6.45) is 0. The average molecular weight is 270 g/mol. The molecule has 1 aliphatic heterocycles. The van der Waals surface area contributed by atoms with E-state index in [1.807, 2.05) is 0 Å². The number of rotatable bonds is 8. The van der Waals surface area contributed by atoms with Crippen LogP contribution < -0.4 is 5.32 Å². The van der Waals surface area contributed by atoms with Crippen molar-refractivity contribution in [3.05, 3.63) is 0 Å². The molecule has 0 saturated carbocycles. The Balaban J connectivity index is 2.10. The quantitative estimate of drug-likeness (QED) is 0.663. The zero-order valence-electron chi connectivity index (χ0n) is 13.7. The lowest BCUT2D eigenvalue weighted by Gasteiger charge is -2.42. The van der Waals surface area contributed by atoms with Gasteiger partial charge in [-0.2, -0.15) is 0 Å². The highest BCUT2D eigenvalue weighted by Crippen LogP contribution is 2.12. The molecule has 1 N–H and O–H groups in total. The van der Waals surface area contributed by atoms with E-state index in [0.29, 0.717) is 12.1 Å². The molecule has 0 radical (unpaired) electrons. The molecule has 1 saturated heterocycles. The first kappa shape index (κ1) is 16.9. The Morgan fingerprint density at radius 2 is 1.63 bits per heavy atom. The normalized spacial score (nSPS) is 26.2. The van der Waals surface area contributed by atoms with Crippen molar-refractivity contribution in [3.63, 3.8) is 0 Å². The molecule has 0 aromatic heterocycles. The summed E-state index contributed by atoms with van der Waals surface area (Å²) in [5, 5.41) is 3.58. The highest BCUT2D eigenvalue weighted by Gasteiger charge is 2.25. The summed E-state index contributed by atoms with van der Waals surface area (Å²) in [4.78, 5) is 7.55. The summed E-state index contributed by atoms with van der Waals surface area (Å²) in [6, 6.07) is 1.36. The SMILES string of the molecule is CCN(CC)CCNCCN1CC(C)N(C)C(C)C1. The van der Waals surface area contributed by atoms with Crippen molar-refractivity contribution in [2.75, 3.05) is 59.4 Å². The molecule has 1 heterocycles. The summed E-state index contributed by atoms with van der Waals surface area (Å²) in [7, 11) is 2.25. The maximum atomic E-state index is 3.58. The van der Waals surface area contributed by atoms with Gasteiger partial charge in [-0.05, 0) is 34.0 Å². The van der Waals surface area contributed by atoms with Gasteiger partial charge in [-0.25, -0.2) is 0 Å². The van der Waals surface area contributed by atoms with Crippen LogP contribution in [0.2, 0.25) is 0 Å². The smallest absolute Gasteiger partial charge is 0.0195 e. The van der Waals surface area contributed by atoms with Gasteiger partial charge in [0.1, 0.15) is 0 Å². The molecule has 1 rings (SSSR count). The van der Waals surface area contributed by atoms with Gasteiger partial charge in [0, 0.05) is 51.4 Å². The molecule has 0 aromatic carbocycles. The third kappa shape index (κ3) is 5.78. The van der Waals surface area contributed by atoms with Crippen molar-refractivity contribution >= 4 is 0 Å². The van der Waals surface area contributed by atoms with Gasteiger partial charge in [0.15, 0.2) is 0 Å². The Morgan fingerprint density at radius 3 is 2.16 bits per heavy atom. The van der Waals surface area contributed by atoms with E-state index in [2.05, 4.69) is 54.8 Å². The average Bonchev–Trinajstić information content (AvgIpc) is 2.40. The maximum Gasteiger partial charge on any atom is 0.0195 e. The van der Waals surface area contributed by atoms with Crippen LogP contribution in [0, 0.1) is 0 Å². The summed E-state index contributed by atoms with van der Waals surface area (Å²) in [5.41, 5.74) is 0. The topological polar surface area (TPSA) is 21.8 Å². The highest BCUT2D eigenvalue weighted by atomic mass is 15.3. The molecular weight excluding hydrogens is 236 g/mol. The molecule has 0 aliphatic carbocycles. The van der Waals surface area contributed by atoms with Gasteiger partial charge < -0.3 is 10.2 Å². The number of hydrogen-bond acceptors (Lipinski definition) is 4. The second kappa shape index (κ2) is 8.90. The number of piperazine rings is 1. The van der Waals surface area contributed by atoms with Crippen LogP contribution in [0.4, 0.5) is 0 Å². The van der Waals surface area contributed by atoms with Crippen LogP contribution in [0.5, 0.6) is 0 Å². The lowest BCUT2D eigenvalue weighted by Crippen LogP contribution is -2.55. The molecule has 0 spiro atoms. The Labute approximate surface area is 120 Å². The van der Waals surface area contributed by atoms with E-state index in [1.54, 1.807) is 0 Å². The van der Waals surface area contributed by atoms with Crippen molar-refractivity contribution < 1.29 is 0 Å². The number of nitrogens with zero attached hydrogens (tertiary/aromatic N) is 3. The third-order valence-corrected chi connectivity index (χ3v) is 4.54. The third-order valence-electron chi connectivity index (χ3n) is 4.54. The highest BCUT2D eigenvalue weighted by molar-refractivity contribution is 4.82. The lowest BCUT2D eigenvalue weighted by atomic mass is 10.1. The summed E-state index contributed by atoms with van der Waals surface area (Å²) in [6.45, 7) is 18.4. The zero-order valence-corrected chi connectivity index (χ0v) is 13.7. The predicted molar refractivity (Wildman–Crippen MR) is 83.8 cm³/mol. The molecule has 0 amide bonds. The van der Waals surface area contributed by atoms with Crippen molar-refractivity contribution in [1.82, 2.24) is 20.0 Å². The van der Waals surface area contributed by atoms with Crippen molar-refractivity contribution in [3.8, 4) is 0 Å². The fourth-order valence-corrected chi connectivity index (χ4v) is 2.84. The van der Waals surface area contributed by atoms with Crippen molar-refractivity contribution in [2.45, 2.75) is 39.8 Å². The van der Waals surface area contributed by atoms with E-state index in [1.165, 1.54) is 26.2 Å². The van der Waals surface area contributed by atoms with Gasteiger partial charge in [0.05, 0.1) is 0 Å². The van der Waals surface area contributed by atoms with Crippen LogP contribution in [-0.2, 0) is 0 Å². The van der Waals surface area contributed by atoms with Gasteiger partial charge in [0.25, 0.3) is 0 Å². The number of hydrogen-bond donors (Lipinski definition) is 1. The minimum absolute atomic E-state index is 0.680. The van der Waals surface area contributed by atoms with Crippen LogP contribution in [0.15, 0.2) is 0 Å². The van der Waals surface area contributed by atoms with Gasteiger partial charge in [-0.1, -0.05) is 13.8 Å². The Morgan fingerprint density at radius 1 is 1.05 bits per heavy atom. The molecular formula is C15H34N4. The fourth-order valence-electron chi connectivity index (χ4n) is 2.84. The summed E-state index contributed by atoms with van der Waals surface area (Å²) >= 11 is 0. The summed E-state index contributed by atoms with van der Waals surface area (Å²) in [5.74, 6) is 0. The Hall–Kier alpha value is -0.160. The molecule has 4 heteroatoms. The van der Waals surface area contributed by atoms with E-state index in [-0.39, 0.29) is 0 Å². The van der Waals surface area contributed by atoms with Gasteiger partial charge in [-0.15, -0.1) is 0 Å². The van der Waals surface area contributed by atoms with Crippen LogP contribution in [0.25, 0.3) is 0 Å². The first-order valence-corrected chi connectivity index (χ1v) is 7.95. The molecule has 19 heavy (non-hydrogen) atoms. The Bertz CT molecular complexity index is 218. The van der Waals surface area contributed by atoms with Crippen molar-refractivity contribution in [2.24, 2.45) is 0 Å². The predicted octanol–water partition coefficient (Wildman–Crippen LogP) is 0.942. The molecule has 0 bridgehead atoms. The van der Waals surface area contributed by atoms with Crippen LogP contribution in [0.3, 0.4) is 0 Å². The molecule has 2 unspecified atom stereocenters. The molecule has 1 aliphatic rings. The van der Waals surface area contributed by atoms with E-state index < -0.39 is 0 Å². The van der Waals surface area contributed by atoms with Crippen LogP contribution in [-0.4, -0.2) is 86.2 Å². The second-order valence-electron chi connectivity index (χ2n) is 5.90. The molecule has 1 fully saturated rings. The molecule has 4 nitrogen and oxygen atoms in total. The fraction of sp³-hybridized carbons (Fsp3) is 1.00. The van der Waals surface area contributed by atoms with Gasteiger partial charge >= 0.3 is 0 Å². The largest absolute Gasteiger partial charge is 0.314 e. The zero-order chi connectivity index (χ0) is 14.3. The van der Waals surface area contributed by atoms with Crippen molar-refractivity contribution in [1.29, 1.82) is 0 Å². The first-order chi connectivity index (χ1) is 9.08. The summed E-state index contributed by atoms with van der Waals surface area (Å²) < 4.78 is 0. The number of likely N-dealkylation sites (N-methyl/N-ethyl adjacent to an activating group) is 2. The van der Waals surface area contributed by atoms with Gasteiger partial charge in [-0.3, -0.25) is 9.80 Å². The minimum atomic E-state index is 0.680. The van der Waals surface area contributed by atoms with Crippen LogP contribution in [0.1, 0.15) is 27.7 Å². The second-order valence-corrected chi connectivity index (χ2v) is 5.90. The van der Waals surface area contributed by atoms with E-state index >= 15 is 0 Å². The lowest BCUT2D eigenvalue weighted by molar-refractivity contribution is 0.0607. The maximum absolute atomic E-state index is 3.58. The minimum Gasteiger partial charge on any atom is -0.314 e. The van der Waals surface area contributed by atoms with Crippen LogP contribution >= 0.6 is 0 Å². The van der Waals surface area contributed by atoms with E-state index in [0.717, 1.165) is 26.2 Å². The molecule has 114 valence electrons. The molecule has 0 aromatic rings.